The smallest absolute Gasteiger partial charge is 0.253 e. The summed E-state index contributed by atoms with van der Waals surface area (Å²) in [5.74, 6) is 0.962. The lowest BCUT2D eigenvalue weighted by Gasteiger charge is -2.42. The molecule has 1 aromatic carbocycles. The average molecular weight is 331 g/mol. The number of rotatable bonds is 3. The van der Waals surface area contributed by atoms with Crippen molar-refractivity contribution in [2.75, 3.05) is 46.3 Å². The zero-order valence-electron chi connectivity index (χ0n) is 14.8. The fourth-order valence-electron chi connectivity index (χ4n) is 3.90. The highest BCUT2D eigenvalue weighted by Crippen LogP contribution is 2.26. The van der Waals surface area contributed by atoms with Gasteiger partial charge in [-0.25, -0.2) is 0 Å². The summed E-state index contributed by atoms with van der Waals surface area (Å²) in [4.78, 5) is 19.5. The van der Waals surface area contributed by atoms with Crippen molar-refractivity contribution in [3.05, 3.63) is 29.8 Å². The third-order valence-corrected chi connectivity index (χ3v) is 5.74. The van der Waals surface area contributed by atoms with E-state index in [-0.39, 0.29) is 11.7 Å². The van der Waals surface area contributed by atoms with Crippen LogP contribution < -0.4 is 0 Å². The predicted octanol–water partition coefficient (Wildman–Crippen LogP) is 1.88. The lowest BCUT2D eigenvalue weighted by molar-refractivity contribution is 0.0500. The highest BCUT2D eigenvalue weighted by Gasteiger charge is 2.30. The van der Waals surface area contributed by atoms with Crippen molar-refractivity contribution in [1.82, 2.24) is 14.7 Å². The van der Waals surface area contributed by atoms with Gasteiger partial charge in [0, 0.05) is 50.9 Å². The molecule has 0 aromatic heterocycles. The number of carbonyl (C=O) groups is 1. The van der Waals surface area contributed by atoms with Crippen molar-refractivity contribution in [2.24, 2.45) is 5.92 Å². The van der Waals surface area contributed by atoms with Crippen LogP contribution in [-0.2, 0) is 0 Å². The SMILES string of the molecule is CC(C1CCN(C(=O)c2ccc(O)cc2)CC1)N1CCN(C)CC1. The van der Waals surface area contributed by atoms with Gasteiger partial charge in [-0.1, -0.05) is 0 Å². The Hall–Kier alpha value is -1.59. The number of likely N-dealkylation sites (tertiary alicyclic amines) is 1. The standard InChI is InChI=1S/C19H29N3O2/c1-15(21-13-11-20(2)12-14-21)16-7-9-22(10-8-16)19(24)17-3-5-18(23)6-4-17/h3-6,15-16,23H,7-14H2,1-2H3. The van der Waals surface area contributed by atoms with Gasteiger partial charge in [-0.15, -0.1) is 0 Å². The fraction of sp³-hybridized carbons (Fsp3) is 0.632. The highest BCUT2D eigenvalue weighted by molar-refractivity contribution is 5.94. The average Bonchev–Trinajstić information content (AvgIpc) is 2.62. The summed E-state index contributed by atoms with van der Waals surface area (Å²) < 4.78 is 0. The van der Waals surface area contributed by atoms with E-state index < -0.39 is 0 Å². The van der Waals surface area contributed by atoms with Gasteiger partial charge in [0.2, 0.25) is 0 Å². The van der Waals surface area contributed by atoms with Gasteiger partial charge in [-0.2, -0.15) is 0 Å². The van der Waals surface area contributed by atoms with Gasteiger partial charge in [0.25, 0.3) is 5.91 Å². The molecule has 2 heterocycles. The Morgan fingerprint density at radius 2 is 1.62 bits per heavy atom. The quantitative estimate of drug-likeness (QED) is 0.919. The Bertz CT molecular complexity index is 544. The van der Waals surface area contributed by atoms with Crippen molar-refractivity contribution in [1.29, 1.82) is 0 Å². The number of nitrogens with zero attached hydrogens (tertiary/aromatic N) is 3. The van der Waals surface area contributed by atoms with E-state index in [4.69, 9.17) is 0 Å². The molecular formula is C19H29N3O2. The first-order valence-electron chi connectivity index (χ1n) is 9.05. The molecule has 1 atom stereocenters. The molecule has 1 amide bonds. The lowest BCUT2D eigenvalue weighted by Crippen LogP contribution is -2.52. The second kappa shape index (κ2) is 7.53. The molecule has 2 aliphatic heterocycles. The number of phenols is 1. The van der Waals surface area contributed by atoms with E-state index in [1.807, 2.05) is 4.90 Å². The Morgan fingerprint density at radius 3 is 2.21 bits per heavy atom. The monoisotopic (exact) mass is 331 g/mol. The van der Waals surface area contributed by atoms with Crippen molar-refractivity contribution < 1.29 is 9.90 Å². The first kappa shape index (κ1) is 17.2. The number of carbonyl (C=O) groups excluding carboxylic acids is 1. The molecule has 24 heavy (non-hydrogen) atoms. The number of aromatic hydroxyl groups is 1. The molecule has 0 aliphatic carbocycles. The minimum Gasteiger partial charge on any atom is -0.508 e. The first-order valence-corrected chi connectivity index (χ1v) is 9.05. The molecule has 132 valence electrons. The summed E-state index contributed by atoms with van der Waals surface area (Å²) in [6, 6.07) is 7.17. The van der Waals surface area contributed by atoms with Gasteiger partial charge in [0.05, 0.1) is 0 Å². The molecule has 0 saturated carbocycles. The summed E-state index contributed by atoms with van der Waals surface area (Å²) in [5.41, 5.74) is 0.665. The predicted molar refractivity (Wildman–Crippen MR) is 95.3 cm³/mol. The number of benzene rings is 1. The number of piperazine rings is 1. The van der Waals surface area contributed by atoms with Crippen LogP contribution in [0.1, 0.15) is 30.1 Å². The molecule has 5 heteroatoms. The number of phenolic OH excluding ortho intramolecular Hbond substituents is 1. The van der Waals surface area contributed by atoms with E-state index in [2.05, 4.69) is 23.8 Å². The normalized spacial score (nSPS) is 22.5. The molecule has 1 aromatic rings. The molecular weight excluding hydrogens is 302 g/mol. The van der Waals surface area contributed by atoms with Crippen molar-refractivity contribution >= 4 is 5.91 Å². The number of hydrogen-bond donors (Lipinski definition) is 1. The first-order chi connectivity index (χ1) is 11.5. The number of amides is 1. The van der Waals surface area contributed by atoms with Crippen LogP contribution in [0, 0.1) is 5.92 Å². The van der Waals surface area contributed by atoms with Gasteiger partial charge in [-0.05, 0) is 57.0 Å². The van der Waals surface area contributed by atoms with Crippen LogP contribution in [0.2, 0.25) is 0 Å². The third-order valence-electron chi connectivity index (χ3n) is 5.74. The second-order valence-electron chi connectivity index (χ2n) is 7.26. The summed E-state index contributed by atoms with van der Waals surface area (Å²) >= 11 is 0. The van der Waals surface area contributed by atoms with Crippen LogP contribution in [0.5, 0.6) is 5.75 Å². The number of hydrogen-bond acceptors (Lipinski definition) is 4. The topological polar surface area (TPSA) is 47.0 Å². The van der Waals surface area contributed by atoms with E-state index in [1.165, 1.54) is 0 Å². The maximum absolute atomic E-state index is 12.6. The van der Waals surface area contributed by atoms with Gasteiger partial charge >= 0.3 is 0 Å². The maximum atomic E-state index is 12.6. The summed E-state index contributed by atoms with van der Waals surface area (Å²) in [7, 11) is 2.19. The van der Waals surface area contributed by atoms with Crippen LogP contribution in [0.3, 0.4) is 0 Å². The largest absolute Gasteiger partial charge is 0.508 e. The molecule has 0 bridgehead atoms. The molecule has 2 fully saturated rings. The van der Waals surface area contributed by atoms with Gasteiger partial charge in [0.15, 0.2) is 0 Å². The summed E-state index contributed by atoms with van der Waals surface area (Å²) in [6.45, 7) is 8.65. The Labute approximate surface area is 144 Å². The zero-order valence-corrected chi connectivity index (χ0v) is 14.8. The number of piperidine rings is 1. The Kier molecular flexibility index (Phi) is 5.41. The van der Waals surface area contributed by atoms with E-state index in [0.29, 0.717) is 17.5 Å². The maximum Gasteiger partial charge on any atom is 0.253 e. The molecule has 1 N–H and O–H groups in total. The highest BCUT2D eigenvalue weighted by atomic mass is 16.3. The van der Waals surface area contributed by atoms with Crippen LogP contribution in [0.25, 0.3) is 0 Å². The van der Waals surface area contributed by atoms with Crippen LogP contribution in [0.4, 0.5) is 0 Å². The van der Waals surface area contributed by atoms with Crippen molar-refractivity contribution in [2.45, 2.75) is 25.8 Å². The molecule has 2 saturated heterocycles. The Morgan fingerprint density at radius 1 is 1.04 bits per heavy atom. The third kappa shape index (κ3) is 3.90. The molecule has 2 aliphatic rings. The molecule has 5 nitrogen and oxygen atoms in total. The zero-order chi connectivity index (χ0) is 17.1. The van der Waals surface area contributed by atoms with Crippen molar-refractivity contribution in [3.8, 4) is 5.75 Å². The van der Waals surface area contributed by atoms with Crippen LogP contribution in [-0.4, -0.2) is 78.1 Å². The van der Waals surface area contributed by atoms with Gasteiger partial charge < -0.3 is 14.9 Å². The lowest BCUT2D eigenvalue weighted by atomic mass is 9.88. The van der Waals surface area contributed by atoms with E-state index in [9.17, 15) is 9.90 Å². The molecule has 0 radical (unpaired) electrons. The second-order valence-corrected chi connectivity index (χ2v) is 7.26. The van der Waals surface area contributed by atoms with Crippen LogP contribution >= 0.6 is 0 Å². The molecule has 3 rings (SSSR count). The fourth-order valence-corrected chi connectivity index (χ4v) is 3.90. The summed E-state index contributed by atoms with van der Waals surface area (Å²) in [6.07, 6.45) is 2.16. The summed E-state index contributed by atoms with van der Waals surface area (Å²) in [5, 5.41) is 9.35. The Balaban J connectivity index is 1.51. The number of likely N-dealkylation sites (N-methyl/N-ethyl adjacent to an activating group) is 1. The van der Waals surface area contributed by atoms with E-state index in [0.717, 1.165) is 52.1 Å². The van der Waals surface area contributed by atoms with Gasteiger partial charge in [0.1, 0.15) is 5.75 Å². The van der Waals surface area contributed by atoms with Crippen molar-refractivity contribution in [3.63, 3.8) is 0 Å². The molecule has 1 unspecified atom stereocenters. The minimum absolute atomic E-state index is 0.0840. The van der Waals surface area contributed by atoms with Gasteiger partial charge in [-0.3, -0.25) is 9.69 Å². The minimum atomic E-state index is 0.0840. The van der Waals surface area contributed by atoms with E-state index in [1.54, 1.807) is 24.3 Å². The van der Waals surface area contributed by atoms with E-state index >= 15 is 0 Å². The molecule has 0 spiro atoms. The van der Waals surface area contributed by atoms with Crippen LogP contribution in [0.15, 0.2) is 24.3 Å².